The molecule has 0 atom stereocenters. The highest BCUT2D eigenvalue weighted by molar-refractivity contribution is 5.75. The molecule has 128 valence electrons. The van der Waals surface area contributed by atoms with E-state index < -0.39 is 0 Å². The molecule has 0 radical (unpaired) electrons. The van der Waals surface area contributed by atoms with Crippen LogP contribution in [0.25, 0.3) is 16.7 Å². The largest absolute Gasteiger partial charge is 0.352 e. The molecule has 3 aromatic heterocycles. The monoisotopic (exact) mass is 334 g/mol. The summed E-state index contributed by atoms with van der Waals surface area (Å²) in [6.45, 7) is 2.88. The molecule has 0 aliphatic rings. The number of nitrogens with zero attached hydrogens (tertiary/aromatic N) is 6. The topological polar surface area (TPSA) is 51.2 Å². The van der Waals surface area contributed by atoms with Crippen LogP contribution in [0.1, 0.15) is 24.9 Å². The van der Waals surface area contributed by atoms with Crippen molar-refractivity contribution in [2.75, 3.05) is 11.9 Å². The van der Waals surface area contributed by atoms with Crippen molar-refractivity contribution in [1.29, 1.82) is 0 Å². The van der Waals surface area contributed by atoms with E-state index in [4.69, 9.17) is 4.98 Å². The zero-order valence-electron chi connectivity index (χ0n) is 14.8. The molecule has 0 saturated heterocycles. The Labute approximate surface area is 146 Å². The second kappa shape index (κ2) is 6.20. The van der Waals surface area contributed by atoms with E-state index in [-0.39, 0.29) is 0 Å². The van der Waals surface area contributed by atoms with Crippen LogP contribution < -0.4 is 4.90 Å². The average molecular weight is 334 g/mol. The molecule has 0 unspecified atom stereocenters. The zero-order valence-corrected chi connectivity index (χ0v) is 14.8. The van der Waals surface area contributed by atoms with E-state index in [0.29, 0.717) is 6.54 Å². The minimum absolute atomic E-state index is 0.704. The van der Waals surface area contributed by atoms with E-state index in [1.807, 2.05) is 22.7 Å². The molecule has 0 fully saturated rings. The minimum atomic E-state index is 0.704. The van der Waals surface area contributed by atoms with Gasteiger partial charge in [0.2, 0.25) is 0 Å². The maximum Gasteiger partial charge on any atom is 0.157 e. The van der Waals surface area contributed by atoms with E-state index in [1.54, 1.807) is 6.20 Å². The molecule has 0 bridgehead atoms. The Kier molecular flexibility index (Phi) is 3.87. The summed E-state index contributed by atoms with van der Waals surface area (Å²) in [5.41, 5.74) is 4.16. The first kappa shape index (κ1) is 15.6. The molecule has 6 heteroatoms. The molecule has 25 heavy (non-hydrogen) atoms. The molecule has 4 rings (SSSR count). The fourth-order valence-electron chi connectivity index (χ4n) is 3.23. The molecule has 0 aliphatic heterocycles. The molecule has 0 aliphatic carbocycles. The number of anilines is 1. The molecule has 0 spiro atoms. The maximum atomic E-state index is 4.78. The van der Waals surface area contributed by atoms with Gasteiger partial charge in [-0.05, 0) is 18.6 Å². The van der Waals surface area contributed by atoms with E-state index in [2.05, 4.69) is 58.8 Å². The Bertz CT molecular complexity index is 1030. The van der Waals surface area contributed by atoms with Crippen LogP contribution in [0, 0.1) is 0 Å². The van der Waals surface area contributed by atoms with Crippen molar-refractivity contribution in [1.82, 2.24) is 24.1 Å². The summed E-state index contributed by atoms with van der Waals surface area (Å²) in [6, 6.07) is 12.3. The smallest absolute Gasteiger partial charge is 0.157 e. The van der Waals surface area contributed by atoms with Gasteiger partial charge in [-0.25, -0.2) is 9.97 Å². The van der Waals surface area contributed by atoms with Gasteiger partial charge in [-0.1, -0.05) is 25.5 Å². The van der Waals surface area contributed by atoms with Crippen LogP contribution in [0.5, 0.6) is 0 Å². The third-order valence-corrected chi connectivity index (χ3v) is 4.55. The van der Waals surface area contributed by atoms with Crippen LogP contribution in [0.2, 0.25) is 0 Å². The van der Waals surface area contributed by atoms with Gasteiger partial charge in [-0.2, -0.15) is 9.61 Å². The third-order valence-electron chi connectivity index (χ3n) is 4.55. The fraction of sp³-hybridized carbons (Fsp3) is 0.316. The first-order chi connectivity index (χ1) is 12.2. The highest BCUT2D eigenvalue weighted by Gasteiger charge is 2.14. The summed E-state index contributed by atoms with van der Waals surface area (Å²) in [5, 5.41) is 4.43. The van der Waals surface area contributed by atoms with Gasteiger partial charge in [0.25, 0.3) is 0 Å². The number of benzene rings is 1. The van der Waals surface area contributed by atoms with Gasteiger partial charge >= 0.3 is 0 Å². The van der Waals surface area contributed by atoms with Gasteiger partial charge in [0.1, 0.15) is 11.6 Å². The Morgan fingerprint density at radius 2 is 1.96 bits per heavy atom. The molecule has 3 heterocycles. The SMILES string of the molecule is CCCc1cc(N(C)Cc2nc3ccccc3n2C)n2nccc2n1. The Hall–Kier alpha value is -2.89. The summed E-state index contributed by atoms with van der Waals surface area (Å²) < 4.78 is 4.04. The van der Waals surface area contributed by atoms with Crippen molar-refractivity contribution >= 4 is 22.5 Å². The van der Waals surface area contributed by atoms with Gasteiger partial charge in [-0.3, -0.25) is 0 Å². The summed E-state index contributed by atoms with van der Waals surface area (Å²) in [5.74, 6) is 2.06. The Morgan fingerprint density at radius 3 is 2.76 bits per heavy atom. The minimum Gasteiger partial charge on any atom is -0.352 e. The zero-order chi connectivity index (χ0) is 17.4. The second-order valence-corrected chi connectivity index (χ2v) is 6.39. The third kappa shape index (κ3) is 2.73. The van der Waals surface area contributed by atoms with Crippen LogP contribution in [-0.4, -0.2) is 31.2 Å². The van der Waals surface area contributed by atoms with Crippen LogP contribution >= 0.6 is 0 Å². The van der Waals surface area contributed by atoms with Gasteiger partial charge in [0.15, 0.2) is 5.65 Å². The lowest BCUT2D eigenvalue weighted by atomic mass is 10.2. The van der Waals surface area contributed by atoms with Gasteiger partial charge in [0.05, 0.1) is 23.8 Å². The fourth-order valence-corrected chi connectivity index (χ4v) is 3.23. The summed E-state index contributed by atoms with van der Waals surface area (Å²) in [7, 11) is 4.14. The molecule has 1 aromatic carbocycles. The molecule has 0 amide bonds. The number of hydrogen-bond donors (Lipinski definition) is 0. The quantitative estimate of drug-likeness (QED) is 0.562. The standard InChI is InChI=1S/C19H22N6/c1-4-7-14-12-19(25-17(21-14)10-11-20-25)23(2)13-18-22-15-8-5-6-9-16(15)24(18)3/h5-6,8-12H,4,7,13H2,1-3H3. The van der Waals surface area contributed by atoms with Crippen LogP contribution in [-0.2, 0) is 20.0 Å². The van der Waals surface area contributed by atoms with Gasteiger partial charge in [0, 0.05) is 31.9 Å². The Balaban J connectivity index is 1.72. The van der Waals surface area contributed by atoms with E-state index in [1.165, 1.54) is 0 Å². The first-order valence-corrected chi connectivity index (χ1v) is 8.62. The van der Waals surface area contributed by atoms with Crippen molar-refractivity contribution in [2.24, 2.45) is 7.05 Å². The Morgan fingerprint density at radius 1 is 1.12 bits per heavy atom. The van der Waals surface area contributed by atoms with Crippen molar-refractivity contribution in [2.45, 2.75) is 26.3 Å². The highest BCUT2D eigenvalue weighted by atomic mass is 15.3. The van der Waals surface area contributed by atoms with Gasteiger partial charge in [-0.15, -0.1) is 0 Å². The molecular formula is C19H22N6. The maximum absolute atomic E-state index is 4.78. The molecule has 0 saturated carbocycles. The van der Waals surface area contributed by atoms with Crippen molar-refractivity contribution < 1.29 is 0 Å². The number of para-hydroxylation sites is 2. The van der Waals surface area contributed by atoms with Crippen molar-refractivity contribution in [3.8, 4) is 0 Å². The first-order valence-electron chi connectivity index (χ1n) is 8.62. The number of hydrogen-bond acceptors (Lipinski definition) is 4. The predicted molar refractivity (Wildman–Crippen MR) is 99.8 cm³/mol. The molecule has 0 N–H and O–H groups in total. The lowest BCUT2D eigenvalue weighted by molar-refractivity contribution is 0.748. The summed E-state index contributed by atoms with van der Waals surface area (Å²) in [6.07, 6.45) is 3.84. The van der Waals surface area contributed by atoms with E-state index in [9.17, 15) is 0 Å². The molecular weight excluding hydrogens is 312 g/mol. The summed E-state index contributed by atoms with van der Waals surface area (Å²) in [4.78, 5) is 11.6. The van der Waals surface area contributed by atoms with Crippen LogP contribution in [0.4, 0.5) is 5.82 Å². The number of rotatable bonds is 5. The molecule has 4 aromatic rings. The normalized spacial score (nSPS) is 11.5. The number of imidazole rings is 1. The second-order valence-electron chi connectivity index (χ2n) is 6.39. The predicted octanol–water partition coefficient (Wildman–Crippen LogP) is 3.20. The van der Waals surface area contributed by atoms with E-state index in [0.717, 1.165) is 46.9 Å². The lowest BCUT2D eigenvalue weighted by Gasteiger charge is -2.20. The summed E-state index contributed by atoms with van der Waals surface area (Å²) >= 11 is 0. The van der Waals surface area contributed by atoms with Crippen molar-refractivity contribution in [3.63, 3.8) is 0 Å². The average Bonchev–Trinajstić information content (AvgIpc) is 3.20. The van der Waals surface area contributed by atoms with Crippen LogP contribution in [0.3, 0.4) is 0 Å². The highest BCUT2D eigenvalue weighted by Crippen LogP contribution is 2.20. The van der Waals surface area contributed by atoms with Gasteiger partial charge < -0.3 is 9.47 Å². The van der Waals surface area contributed by atoms with E-state index >= 15 is 0 Å². The van der Waals surface area contributed by atoms with Crippen molar-refractivity contribution in [3.05, 3.63) is 54.1 Å². The van der Waals surface area contributed by atoms with Crippen LogP contribution in [0.15, 0.2) is 42.6 Å². The number of aryl methyl sites for hydroxylation is 2. The number of fused-ring (bicyclic) bond motifs is 2. The lowest BCUT2D eigenvalue weighted by Crippen LogP contribution is -2.22. The molecule has 6 nitrogen and oxygen atoms in total. The number of aromatic nitrogens is 5.